The Morgan fingerprint density at radius 3 is 2.53 bits per heavy atom. The number of anilines is 1. The molecule has 102 valence electrons. The van der Waals surface area contributed by atoms with Crippen LogP contribution in [0.1, 0.15) is 18.9 Å². The zero-order valence-electron chi connectivity index (χ0n) is 10.5. The zero-order chi connectivity index (χ0) is 14.5. The van der Waals surface area contributed by atoms with E-state index in [1.54, 1.807) is 6.92 Å². The second kappa shape index (κ2) is 6.13. The second-order valence-corrected chi connectivity index (χ2v) is 4.18. The molecule has 7 nitrogen and oxygen atoms in total. The van der Waals surface area contributed by atoms with E-state index in [2.05, 4.69) is 5.32 Å². The first-order chi connectivity index (χ1) is 9.01. The Bertz CT molecular complexity index is 498. The van der Waals surface area contributed by atoms with Crippen LogP contribution in [0.15, 0.2) is 18.2 Å². The van der Waals surface area contributed by atoms with Crippen molar-refractivity contribution in [2.45, 2.75) is 18.9 Å². The number of hydrogen-bond acceptors (Lipinski definition) is 6. The highest BCUT2D eigenvalue weighted by Crippen LogP contribution is 2.29. The summed E-state index contributed by atoms with van der Waals surface area (Å²) in [6.07, 6.45) is 0.386. The number of nitro groups is 1. The minimum atomic E-state index is -1.03. The molecule has 0 aliphatic heterocycles. The summed E-state index contributed by atoms with van der Waals surface area (Å²) in [4.78, 5) is 10.4. The van der Waals surface area contributed by atoms with Crippen molar-refractivity contribution in [3.05, 3.63) is 33.9 Å². The summed E-state index contributed by atoms with van der Waals surface area (Å²) < 4.78 is 0. The minimum absolute atomic E-state index is 0.161. The third-order valence-electron chi connectivity index (χ3n) is 3.01. The Hall–Kier alpha value is -2.17. The maximum absolute atomic E-state index is 11.0. The molecule has 7 heteroatoms. The first kappa shape index (κ1) is 14.9. The van der Waals surface area contributed by atoms with Crippen molar-refractivity contribution in [2.24, 2.45) is 0 Å². The van der Waals surface area contributed by atoms with E-state index in [0.29, 0.717) is 6.42 Å². The van der Waals surface area contributed by atoms with Crippen LogP contribution in [0, 0.1) is 21.4 Å². The molecule has 0 fully saturated rings. The van der Waals surface area contributed by atoms with Gasteiger partial charge in [-0.25, -0.2) is 0 Å². The fourth-order valence-electron chi connectivity index (χ4n) is 1.58. The number of nitriles is 1. The first-order valence-corrected chi connectivity index (χ1v) is 5.70. The van der Waals surface area contributed by atoms with Crippen molar-refractivity contribution in [2.75, 3.05) is 18.5 Å². The molecule has 1 aromatic carbocycles. The van der Waals surface area contributed by atoms with Gasteiger partial charge in [-0.3, -0.25) is 10.1 Å². The van der Waals surface area contributed by atoms with Crippen molar-refractivity contribution < 1.29 is 15.1 Å². The van der Waals surface area contributed by atoms with E-state index in [9.17, 15) is 20.3 Å². The van der Waals surface area contributed by atoms with Gasteiger partial charge in [0, 0.05) is 6.07 Å². The molecule has 3 N–H and O–H groups in total. The number of aliphatic hydroxyl groups is 2. The lowest BCUT2D eigenvalue weighted by Crippen LogP contribution is -2.45. The molecule has 0 heterocycles. The highest BCUT2D eigenvalue weighted by Gasteiger charge is 2.29. The third kappa shape index (κ3) is 3.19. The first-order valence-electron chi connectivity index (χ1n) is 5.70. The van der Waals surface area contributed by atoms with Crippen molar-refractivity contribution in [1.82, 2.24) is 0 Å². The minimum Gasteiger partial charge on any atom is -0.394 e. The van der Waals surface area contributed by atoms with Crippen molar-refractivity contribution in [1.29, 1.82) is 5.26 Å². The maximum atomic E-state index is 11.0. The summed E-state index contributed by atoms with van der Waals surface area (Å²) in [5.41, 5.74) is -0.959. The summed E-state index contributed by atoms with van der Waals surface area (Å²) in [6, 6.07) is 5.80. The van der Waals surface area contributed by atoms with Crippen LogP contribution in [-0.2, 0) is 0 Å². The van der Waals surface area contributed by atoms with Gasteiger partial charge in [-0.15, -0.1) is 0 Å². The van der Waals surface area contributed by atoms with Gasteiger partial charge in [0.15, 0.2) is 0 Å². The van der Waals surface area contributed by atoms with Gasteiger partial charge in [0.1, 0.15) is 5.69 Å². The maximum Gasteiger partial charge on any atom is 0.293 e. The molecule has 0 aromatic heterocycles. The molecule has 0 aliphatic rings. The molecule has 0 bridgehead atoms. The van der Waals surface area contributed by atoms with Gasteiger partial charge in [0.25, 0.3) is 5.69 Å². The molecule has 0 spiro atoms. The van der Waals surface area contributed by atoms with Gasteiger partial charge in [-0.2, -0.15) is 5.26 Å². The molecule has 0 saturated heterocycles. The number of nitrogens with zero attached hydrogens (tertiary/aromatic N) is 2. The van der Waals surface area contributed by atoms with Crippen LogP contribution in [0.2, 0.25) is 0 Å². The molecule has 0 aliphatic carbocycles. The highest BCUT2D eigenvalue weighted by molar-refractivity contribution is 5.65. The molecule has 0 atom stereocenters. The Balaban J connectivity index is 3.20. The number of benzene rings is 1. The Morgan fingerprint density at radius 1 is 1.47 bits per heavy atom. The third-order valence-corrected chi connectivity index (χ3v) is 3.01. The molecule has 0 amide bonds. The Labute approximate surface area is 110 Å². The van der Waals surface area contributed by atoms with Gasteiger partial charge in [-0.1, -0.05) is 6.92 Å². The average Bonchev–Trinajstić information content (AvgIpc) is 2.45. The highest BCUT2D eigenvalue weighted by atomic mass is 16.6. The zero-order valence-corrected chi connectivity index (χ0v) is 10.5. The standard InChI is InChI=1S/C12H15N3O4/c1-2-12(7-16,8-17)14-10-4-3-9(6-13)5-11(10)15(18)19/h3-5,14,16-17H,2,7-8H2,1H3. The Morgan fingerprint density at radius 2 is 2.11 bits per heavy atom. The number of nitrogens with one attached hydrogen (secondary N) is 1. The van der Waals surface area contributed by atoms with Gasteiger partial charge in [0.05, 0.1) is 35.3 Å². The lowest BCUT2D eigenvalue weighted by atomic mass is 9.97. The van der Waals surface area contributed by atoms with Crippen LogP contribution < -0.4 is 5.32 Å². The van der Waals surface area contributed by atoms with Gasteiger partial charge in [-0.05, 0) is 18.6 Å². The fourth-order valence-corrected chi connectivity index (χ4v) is 1.58. The van der Waals surface area contributed by atoms with Crippen LogP contribution in [0.5, 0.6) is 0 Å². The summed E-state index contributed by atoms with van der Waals surface area (Å²) in [6.45, 7) is 1.02. The molecule has 1 rings (SSSR count). The average molecular weight is 265 g/mol. The van der Waals surface area contributed by atoms with E-state index < -0.39 is 10.5 Å². The SMILES string of the molecule is CCC(CO)(CO)Nc1ccc(C#N)cc1[N+](=O)[O-]. The summed E-state index contributed by atoms with van der Waals surface area (Å²) >= 11 is 0. The summed E-state index contributed by atoms with van der Waals surface area (Å²) in [5.74, 6) is 0. The second-order valence-electron chi connectivity index (χ2n) is 4.18. The van der Waals surface area contributed by atoms with Crippen molar-refractivity contribution in [3.8, 4) is 6.07 Å². The fraction of sp³-hybridized carbons (Fsp3) is 0.417. The van der Waals surface area contributed by atoms with E-state index in [1.165, 1.54) is 12.1 Å². The predicted octanol–water partition coefficient (Wildman–Crippen LogP) is 1.01. The van der Waals surface area contributed by atoms with Crippen molar-refractivity contribution >= 4 is 11.4 Å². The van der Waals surface area contributed by atoms with Gasteiger partial charge < -0.3 is 15.5 Å². The van der Waals surface area contributed by atoms with E-state index >= 15 is 0 Å². The monoisotopic (exact) mass is 265 g/mol. The lowest BCUT2D eigenvalue weighted by molar-refractivity contribution is -0.384. The van der Waals surface area contributed by atoms with Gasteiger partial charge >= 0.3 is 0 Å². The smallest absolute Gasteiger partial charge is 0.293 e. The number of aliphatic hydroxyl groups excluding tert-OH is 2. The van der Waals surface area contributed by atoms with Crippen LogP contribution in [0.3, 0.4) is 0 Å². The largest absolute Gasteiger partial charge is 0.394 e. The van der Waals surface area contributed by atoms with Crippen LogP contribution in [-0.4, -0.2) is 33.9 Å². The quantitative estimate of drug-likeness (QED) is 0.521. The molecule has 19 heavy (non-hydrogen) atoms. The topological polar surface area (TPSA) is 119 Å². The van der Waals surface area contributed by atoms with E-state index in [4.69, 9.17) is 5.26 Å². The normalized spacial score (nSPS) is 10.8. The molecule has 0 unspecified atom stereocenters. The molecule has 1 aromatic rings. The molecular formula is C12H15N3O4. The number of rotatable bonds is 6. The molecule has 0 saturated carbocycles. The molecular weight excluding hydrogens is 250 g/mol. The van der Waals surface area contributed by atoms with Gasteiger partial charge in [0.2, 0.25) is 0 Å². The van der Waals surface area contributed by atoms with E-state index in [0.717, 1.165) is 6.07 Å². The summed E-state index contributed by atoms with van der Waals surface area (Å²) in [5, 5.41) is 41.1. The number of nitro benzene ring substituents is 1. The van der Waals surface area contributed by atoms with Crippen LogP contribution >= 0.6 is 0 Å². The molecule has 0 radical (unpaired) electrons. The lowest BCUT2D eigenvalue weighted by Gasteiger charge is -2.30. The van der Waals surface area contributed by atoms with E-state index in [-0.39, 0.29) is 30.2 Å². The van der Waals surface area contributed by atoms with Crippen molar-refractivity contribution in [3.63, 3.8) is 0 Å². The van der Waals surface area contributed by atoms with Crippen LogP contribution in [0.25, 0.3) is 0 Å². The van der Waals surface area contributed by atoms with E-state index in [1.807, 2.05) is 6.07 Å². The Kier molecular flexibility index (Phi) is 4.80. The summed E-state index contributed by atoms with van der Waals surface area (Å²) in [7, 11) is 0. The predicted molar refractivity (Wildman–Crippen MR) is 68.6 cm³/mol. The van der Waals surface area contributed by atoms with Crippen LogP contribution in [0.4, 0.5) is 11.4 Å². The number of hydrogen-bond donors (Lipinski definition) is 3.